The summed E-state index contributed by atoms with van der Waals surface area (Å²) in [5, 5.41) is 14.1. The van der Waals surface area contributed by atoms with Gasteiger partial charge in [-0.2, -0.15) is 21.0 Å². The maximum absolute atomic E-state index is 12.2. The van der Waals surface area contributed by atoms with Gasteiger partial charge in [0.05, 0.1) is 18.0 Å². The van der Waals surface area contributed by atoms with E-state index >= 15 is 0 Å². The van der Waals surface area contributed by atoms with Crippen molar-refractivity contribution in [2.24, 2.45) is 40.4 Å². The highest BCUT2D eigenvalue weighted by Crippen LogP contribution is 2.68. The van der Waals surface area contributed by atoms with Crippen molar-refractivity contribution in [2.75, 3.05) is 19.4 Å². The van der Waals surface area contributed by atoms with Gasteiger partial charge in [-0.3, -0.25) is 9.35 Å². The number of hydrogen-bond acceptors (Lipinski definition) is 6. The molecule has 4 aliphatic carbocycles. The van der Waals surface area contributed by atoms with Gasteiger partial charge in [0.15, 0.2) is 0 Å². The first-order chi connectivity index (χ1) is 16.4. The van der Waals surface area contributed by atoms with Crippen molar-refractivity contribution in [1.29, 1.82) is 0 Å². The third-order valence-corrected chi connectivity index (χ3v) is 12.2. The molecule has 0 aromatic heterocycles. The van der Waals surface area contributed by atoms with E-state index in [1.54, 1.807) is 0 Å². The van der Waals surface area contributed by atoms with Crippen molar-refractivity contribution < 1.29 is 27.6 Å². The van der Waals surface area contributed by atoms with E-state index in [0.29, 0.717) is 54.0 Å². The lowest BCUT2D eigenvalue weighted by Gasteiger charge is -2.62. The monoisotopic (exact) mass is 531 g/mol. The molecule has 4 rings (SSSR count). The molecule has 9 heteroatoms. The van der Waals surface area contributed by atoms with Crippen LogP contribution in [0, 0.1) is 40.4 Å². The average Bonchev–Trinajstić information content (AvgIpc) is 3.14. The number of aliphatic hydroxyl groups is 1. The minimum atomic E-state index is -4.07. The van der Waals surface area contributed by atoms with E-state index in [2.05, 4.69) is 19.2 Å². The van der Waals surface area contributed by atoms with Crippen LogP contribution in [0.4, 0.5) is 0 Å². The molecule has 3 N–H and O–H groups in total. The molecule has 0 saturated heterocycles. The van der Waals surface area contributed by atoms with Crippen LogP contribution in [0.25, 0.3) is 0 Å². The first-order valence-electron chi connectivity index (χ1n) is 13.5. The van der Waals surface area contributed by atoms with E-state index in [0.717, 1.165) is 44.9 Å². The number of aliphatic hydroxyl groups excluding tert-OH is 1. The molecule has 10 atom stereocenters. The molecule has 0 aromatic rings. The molecule has 4 fully saturated rings. The molecule has 35 heavy (non-hydrogen) atoms. The maximum Gasteiger partial charge on any atom is 0.266 e. The fraction of sp³-hybridized carbons (Fsp3) is 0.962. The van der Waals surface area contributed by atoms with Crippen molar-refractivity contribution in [2.45, 2.75) is 95.5 Å². The lowest BCUT2D eigenvalue weighted by atomic mass is 9.44. The number of nitrogens with one attached hydrogen (secondary N) is 1. The van der Waals surface area contributed by atoms with E-state index in [9.17, 15) is 18.3 Å². The zero-order chi connectivity index (χ0) is 25.6. The van der Waals surface area contributed by atoms with Gasteiger partial charge in [-0.1, -0.05) is 13.8 Å². The number of ether oxygens (including phenoxy) is 1. The number of amides is 1. The highest BCUT2D eigenvalue weighted by atomic mass is 32.2. The molecular weight excluding hydrogens is 486 g/mol. The van der Waals surface area contributed by atoms with Gasteiger partial charge in [-0.25, -0.2) is 0 Å². The van der Waals surface area contributed by atoms with Crippen molar-refractivity contribution in [3.05, 3.63) is 0 Å². The van der Waals surface area contributed by atoms with Gasteiger partial charge in [-0.05, 0) is 98.2 Å². The smallest absolute Gasteiger partial charge is 0.266 e. The Morgan fingerprint density at radius 2 is 1.80 bits per heavy atom. The zero-order valence-electron chi connectivity index (χ0n) is 21.5. The number of methoxy groups -OCH3 is 1. The highest BCUT2D eigenvalue weighted by Gasteiger charge is 2.63. The molecule has 4 aliphatic rings. The summed E-state index contributed by atoms with van der Waals surface area (Å²) in [5.74, 6) is 1.69. The summed E-state index contributed by atoms with van der Waals surface area (Å²) in [6, 6.07) is 0. The lowest BCUT2D eigenvalue weighted by Crippen LogP contribution is -2.58. The van der Waals surface area contributed by atoms with Crippen LogP contribution in [0.2, 0.25) is 0 Å². The molecule has 1 amide bonds. The van der Waals surface area contributed by atoms with Gasteiger partial charge in [-0.15, -0.1) is 0 Å². The average molecular weight is 532 g/mol. The Hall–Kier alpha value is -0.350. The van der Waals surface area contributed by atoms with Gasteiger partial charge in [0.2, 0.25) is 5.91 Å². The third kappa shape index (κ3) is 5.45. The fourth-order valence-electron chi connectivity index (χ4n) is 8.96. The van der Waals surface area contributed by atoms with E-state index in [1.807, 2.05) is 7.11 Å². The minimum Gasteiger partial charge on any atom is -0.393 e. The van der Waals surface area contributed by atoms with E-state index < -0.39 is 15.9 Å². The Bertz CT molecular complexity index is 883. The standard InChI is InChI=1S/C26H45NO6S2/c1-25-10-8-17(33-3)14-16(25)15-21(28)24-19-5-4-18(26(19,2)11-9-20(24)25)22(34)6-7-23(29)27-12-13-35(30,31)32/h16-22,24,28,34H,4-15H2,1-3H3,(H,27,29)(H,30,31,32)/t16?,17-,18?,19?,20?,21?,22-,24?,25?,26?/m1/s1. The van der Waals surface area contributed by atoms with Crippen molar-refractivity contribution in [3.63, 3.8) is 0 Å². The summed E-state index contributed by atoms with van der Waals surface area (Å²) < 4.78 is 36.2. The molecule has 0 aromatic carbocycles. The van der Waals surface area contributed by atoms with Crippen LogP contribution in [0.1, 0.15) is 78.1 Å². The van der Waals surface area contributed by atoms with Crippen molar-refractivity contribution in [3.8, 4) is 0 Å². The number of fused-ring (bicyclic) bond motifs is 5. The van der Waals surface area contributed by atoms with Crippen LogP contribution in [-0.2, 0) is 19.6 Å². The Labute approximate surface area is 216 Å². The molecule has 7 nitrogen and oxygen atoms in total. The Balaban J connectivity index is 1.39. The van der Waals surface area contributed by atoms with E-state index in [4.69, 9.17) is 21.9 Å². The molecule has 202 valence electrons. The first-order valence-corrected chi connectivity index (χ1v) is 15.6. The number of hydrogen-bond donors (Lipinski definition) is 4. The second kappa shape index (κ2) is 10.4. The van der Waals surface area contributed by atoms with E-state index in [-0.39, 0.29) is 29.2 Å². The molecule has 0 spiro atoms. The van der Waals surface area contributed by atoms with Gasteiger partial charge >= 0.3 is 0 Å². The molecule has 0 bridgehead atoms. The van der Waals surface area contributed by atoms with Crippen LogP contribution in [0.5, 0.6) is 0 Å². The van der Waals surface area contributed by atoms with Crippen LogP contribution < -0.4 is 5.32 Å². The SMILES string of the molecule is CO[C@@H]1CCC2(C)C(CC(O)C3C2CCC2(C)C3CCC2[C@H](S)CCC(=O)NCCS(=O)(=O)O)C1. The Morgan fingerprint density at radius 3 is 2.49 bits per heavy atom. The van der Waals surface area contributed by atoms with Crippen molar-refractivity contribution >= 4 is 28.7 Å². The van der Waals surface area contributed by atoms with E-state index in [1.165, 1.54) is 6.42 Å². The summed E-state index contributed by atoms with van der Waals surface area (Å²) in [6.07, 6.45) is 9.83. The second-order valence-electron chi connectivity index (χ2n) is 12.4. The molecule has 0 aliphatic heterocycles. The van der Waals surface area contributed by atoms with Gasteiger partial charge in [0, 0.05) is 25.3 Å². The number of thiol groups is 1. The van der Waals surface area contributed by atoms with Gasteiger partial charge in [0.25, 0.3) is 10.1 Å². The minimum absolute atomic E-state index is 0.0794. The topological polar surface area (TPSA) is 113 Å². The lowest BCUT2D eigenvalue weighted by molar-refractivity contribution is -0.174. The number of rotatable bonds is 8. The maximum atomic E-state index is 12.2. The first kappa shape index (κ1) is 27.7. The summed E-state index contributed by atoms with van der Waals surface area (Å²) in [6.45, 7) is 4.82. The van der Waals surface area contributed by atoms with Crippen molar-refractivity contribution in [1.82, 2.24) is 5.32 Å². The third-order valence-electron chi connectivity index (χ3n) is 10.9. The number of carbonyl (C=O) groups excluding carboxylic acids is 1. The number of carbonyl (C=O) groups is 1. The zero-order valence-corrected chi connectivity index (χ0v) is 23.2. The highest BCUT2D eigenvalue weighted by molar-refractivity contribution is 7.85. The van der Waals surface area contributed by atoms with Crippen LogP contribution >= 0.6 is 12.6 Å². The summed E-state index contributed by atoms with van der Waals surface area (Å²) in [7, 11) is -2.26. The second-order valence-corrected chi connectivity index (χ2v) is 14.6. The van der Waals surface area contributed by atoms with Crippen LogP contribution in [0.15, 0.2) is 0 Å². The largest absolute Gasteiger partial charge is 0.393 e. The van der Waals surface area contributed by atoms with Gasteiger partial charge in [0.1, 0.15) is 0 Å². The Morgan fingerprint density at radius 1 is 1.11 bits per heavy atom. The molecule has 0 heterocycles. The van der Waals surface area contributed by atoms with Crippen LogP contribution in [0.3, 0.4) is 0 Å². The quantitative estimate of drug-likeness (QED) is 0.281. The fourth-order valence-corrected chi connectivity index (χ4v) is 9.94. The summed E-state index contributed by atoms with van der Waals surface area (Å²) in [4.78, 5) is 12.2. The molecular formula is C26H45NO6S2. The molecule has 8 unspecified atom stereocenters. The normalized spacial score (nSPS) is 44.1. The predicted octanol–water partition coefficient (Wildman–Crippen LogP) is 3.71. The van der Waals surface area contributed by atoms with Gasteiger partial charge < -0.3 is 15.2 Å². The molecule has 4 saturated carbocycles. The predicted molar refractivity (Wildman–Crippen MR) is 139 cm³/mol. The summed E-state index contributed by atoms with van der Waals surface area (Å²) >= 11 is 4.97. The summed E-state index contributed by atoms with van der Waals surface area (Å²) in [5.41, 5.74) is 0.418. The Kier molecular flexibility index (Phi) is 8.25. The molecule has 0 radical (unpaired) electrons. The van der Waals surface area contributed by atoms with Crippen LogP contribution in [-0.4, -0.2) is 60.8 Å².